The number of carbonyl (C=O) groups is 2. The number of carboxylic acids is 1. The molecule has 1 aliphatic carbocycles. The molecule has 0 bridgehead atoms. The summed E-state index contributed by atoms with van der Waals surface area (Å²) in [7, 11) is 0. The van der Waals surface area contributed by atoms with Crippen molar-refractivity contribution in [3.63, 3.8) is 0 Å². The number of aliphatic hydroxyl groups is 1. The van der Waals surface area contributed by atoms with Crippen LogP contribution in [0.4, 0.5) is 0 Å². The van der Waals surface area contributed by atoms with E-state index in [0.717, 1.165) is 0 Å². The van der Waals surface area contributed by atoms with Gasteiger partial charge in [0.15, 0.2) is 0 Å². The second-order valence-electron chi connectivity index (χ2n) is 5.34. The molecule has 0 saturated heterocycles. The van der Waals surface area contributed by atoms with Crippen molar-refractivity contribution in [1.82, 2.24) is 5.32 Å². The van der Waals surface area contributed by atoms with Crippen LogP contribution >= 0.6 is 0 Å². The van der Waals surface area contributed by atoms with Crippen molar-refractivity contribution in [2.45, 2.75) is 38.6 Å². The molecule has 0 spiro atoms. The highest BCUT2D eigenvalue weighted by Crippen LogP contribution is 2.26. The maximum Gasteiger partial charge on any atom is 0.307 e. The minimum atomic E-state index is -0.931. The Balaban J connectivity index is 2.70. The second-order valence-corrected chi connectivity index (χ2v) is 5.34. The topological polar surface area (TPSA) is 86.6 Å². The van der Waals surface area contributed by atoms with Crippen LogP contribution in [0.3, 0.4) is 0 Å². The molecule has 0 radical (unpaired) electrons. The van der Waals surface area contributed by atoms with Gasteiger partial charge in [0.05, 0.1) is 11.8 Å². The van der Waals surface area contributed by atoms with Gasteiger partial charge in [-0.2, -0.15) is 0 Å². The molecule has 3 N–H and O–H groups in total. The fourth-order valence-electron chi connectivity index (χ4n) is 2.15. The van der Waals surface area contributed by atoms with E-state index in [1.54, 1.807) is 6.08 Å². The SMILES string of the molecule is CC(C)(CCO)NC(=O)C1CC=CCC1C(=O)O. The molecule has 2 unspecified atom stereocenters. The summed E-state index contributed by atoms with van der Waals surface area (Å²) in [6.45, 7) is 3.62. The number of hydrogen-bond acceptors (Lipinski definition) is 3. The zero-order valence-corrected chi connectivity index (χ0v) is 10.8. The first-order chi connectivity index (χ1) is 8.37. The molecule has 0 aromatic carbocycles. The molecule has 1 amide bonds. The van der Waals surface area contributed by atoms with Gasteiger partial charge in [-0.3, -0.25) is 9.59 Å². The van der Waals surface area contributed by atoms with E-state index in [9.17, 15) is 9.59 Å². The minimum Gasteiger partial charge on any atom is -0.481 e. The van der Waals surface area contributed by atoms with Gasteiger partial charge < -0.3 is 15.5 Å². The van der Waals surface area contributed by atoms with E-state index in [1.807, 2.05) is 19.9 Å². The molecule has 5 heteroatoms. The molecule has 18 heavy (non-hydrogen) atoms. The Kier molecular flexibility index (Phi) is 4.90. The van der Waals surface area contributed by atoms with Crippen molar-refractivity contribution in [2.75, 3.05) is 6.61 Å². The highest BCUT2D eigenvalue weighted by molar-refractivity contribution is 5.85. The van der Waals surface area contributed by atoms with Crippen LogP contribution in [0.5, 0.6) is 0 Å². The summed E-state index contributed by atoms with van der Waals surface area (Å²) < 4.78 is 0. The molecule has 5 nitrogen and oxygen atoms in total. The molecule has 2 atom stereocenters. The van der Waals surface area contributed by atoms with Gasteiger partial charge in [-0.15, -0.1) is 0 Å². The Morgan fingerprint density at radius 1 is 1.28 bits per heavy atom. The standard InChI is InChI=1S/C13H21NO4/c1-13(2,7-8-15)14-11(16)9-5-3-4-6-10(9)12(17)18/h3-4,9-10,15H,5-8H2,1-2H3,(H,14,16)(H,17,18). The number of rotatable bonds is 5. The van der Waals surface area contributed by atoms with Gasteiger partial charge in [0.2, 0.25) is 5.91 Å². The zero-order valence-electron chi connectivity index (χ0n) is 10.8. The van der Waals surface area contributed by atoms with Crippen LogP contribution < -0.4 is 5.32 Å². The van der Waals surface area contributed by atoms with Gasteiger partial charge in [0.25, 0.3) is 0 Å². The molecule has 0 heterocycles. The summed E-state index contributed by atoms with van der Waals surface area (Å²) in [6, 6.07) is 0. The Hall–Kier alpha value is -1.36. The van der Waals surface area contributed by atoms with Crippen molar-refractivity contribution < 1.29 is 19.8 Å². The van der Waals surface area contributed by atoms with Crippen LogP contribution in [0, 0.1) is 11.8 Å². The molecule has 1 aliphatic rings. The monoisotopic (exact) mass is 255 g/mol. The third-order valence-electron chi connectivity index (χ3n) is 3.28. The lowest BCUT2D eigenvalue weighted by Crippen LogP contribution is -2.49. The Labute approximate surface area is 107 Å². The van der Waals surface area contributed by atoms with Crippen molar-refractivity contribution in [3.8, 4) is 0 Å². The van der Waals surface area contributed by atoms with Crippen LogP contribution in [0.15, 0.2) is 12.2 Å². The quantitative estimate of drug-likeness (QED) is 0.638. The lowest BCUT2D eigenvalue weighted by atomic mass is 9.82. The Bertz CT molecular complexity index is 349. The number of aliphatic carboxylic acids is 1. The average Bonchev–Trinajstić information content (AvgIpc) is 2.28. The molecule has 0 aliphatic heterocycles. The predicted molar refractivity (Wildman–Crippen MR) is 66.9 cm³/mol. The van der Waals surface area contributed by atoms with Crippen molar-refractivity contribution >= 4 is 11.9 Å². The third-order valence-corrected chi connectivity index (χ3v) is 3.28. The minimum absolute atomic E-state index is 0.0137. The van der Waals surface area contributed by atoms with Crippen LogP contribution in [0.25, 0.3) is 0 Å². The van der Waals surface area contributed by atoms with E-state index in [-0.39, 0.29) is 12.5 Å². The number of amides is 1. The van der Waals surface area contributed by atoms with E-state index >= 15 is 0 Å². The first-order valence-electron chi connectivity index (χ1n) is 6.18. The molecule has 0 aromatic heterocycles. The number of carboxylic acid groups (broad SMARTS) is 1. The summed E-state index contributed by atoms with van der Waals surface area (Å²) in [4.78, 5) is 23.2. The third kappa shape index (κ3) is 3.84. The summed E-state index contributed by atoms with van der Waals surface area (Å²) >= 11 is 0. The highest BCUT2D eigenvalue weighted by atomic mass is 16.4. The van der Waals surface area contributed by atoms with Crippen molar-refractivity contribution in [2.24, 2.45) is 11.8 Å². The molecular weight excluding hydrogens is 234 g/mol. The molecule has 0 saturated carbocycles. The number of hydrogen-bond donors (Lipinski definition) is 3. The van der Waals surface area contributed by atoms with Crippen LogP contribution in [-0.4, -0.2) is 34.2 Å². The predicted octanol–water partition coefficient (Wildman–Crippen LogP) is 0.931. The molecule has 1 rings (SSSR count). The van der Waals surface area contributed by atoms with E-state index in [0.29, 0.717) is 19.3 Å². The largest absolute Gasteiger partial charge is 0.481 e. The van der Waals surface area contributed by atoms with E-state index < -0.39 is 23.3 Å². The van der Waals surface area contributed by atoms with E-state index in [4.69, 9.17) is 10.2 Å². The van der Waals surface area contributed by atoms with Crippen molar-refractivity contribution in [3.05, 3.63) is 12.2 Å². The van der Waals surface area contributed by atoms with Crippen molar-refractivity contribution in [1.29, 1.82) is 0 Å². The first-order valence-corrected chi connectivity index (χ1v) is 6.18. The molecule has 0 fully saturated rings. The fourth-order valence-corrected chi connectivity index (χ4v) is 2.15. The van der Waals surface area contributed by atoms with Gasteiger partial charge in [-0.05, 0) is 33.1 Å². The molecule has 0 aromatic rings. The van der Waals surface area contributed by atoms with Gasteiger partial charge in [-0.25, -0.2) is 0 Å². The lowest BCUT2D eigenvalue weighted by molar-refractivity contribution is -0.147. The Morgan fingerprint density at radius 3 is 2.33 bits per heavy atom. The van der Waals surface area contributed by atoms with Gasteiger partial charge in [-0.1, -0.05) is 12.2 Å². The van der Waals surface area contributed by atoms with Crippen LogP contribution in [-0.2, 0) is 9.59 Å². The average molecular weight is 255 g/mol. The first kappa shape index (κ1) is 14.7. The number of allylic oxidation sites excluding steroid dienone is 2. The summed E-state index contributed by atoms with van der Waals surface area (Å²) in [5, 5.41) is 20.8. The zero-order chi connectivity index (χ0) is 13.8. The second kappa shape index (κ2) is 6.00. The van der Waals surface area contributed by atoms with E-state index in [2.05, 4.69) is 5.32 Å². The van der Waals surface area contributed by atoms with Crippen LogP contribution in [0.1, 0.15) is 33.1 Å². The highest BCUT2D eigenvalue weighted by Gasteiger charge is 2.35. The smallest absolute Gasteiger partial charge is 0.307 e. The van der Waals surface area contributed by atoms with Gasteiger partial charge in [0.1, 0.15) is 0 Å². The summed E-state index contributed by atoms with van der Waals surface area (Å²) in [5.41, 5.74) is -0.518. The maximum absolute atomic E-state index is 12.1. The normalized spacial score (nSPS) is 23.7. The van der Waals surface area contributed by atoms with Crippen LogP contribution in [0.2, 0.25) is 0 Å². The van der Waals surface area contributed by atoms with E-state index in [1.165, 1.54) is 0 Å². The number of nitrogens with one attached hydrogen (secondary N) is 1. The number of aliphatic hydroxyl groups excluding tert-OH is 1. The lowest BCUT2D eigenvalue weighted by Gasteiger charge is -2.31. The van der Waals surface area contributed by atoms with Gasteiger partial charge in [0, 0.05) is 12.1 Å². The molecule has 102 valence electrons. The Morgan fingerprint density at radius 2 is 1.83 bits per heavy atom. The van der Waals surface area contributed by atoms with Gasteiger partial charge >= 0.3 is 5.97 Å². The fraction of sp³-hybridized carbons (Fsp3) is 0.692. The summed E-state index contributed by atoms with van der Waals surface area (Å²) in [6.07, 6.45) is 4.95. The molecular formula is C13H21NO4. The summed E-state index contributed by atoms with van der Waals surface area (Å²) in [5.74, 6) is -2.35. The number of carbonyl (C=O) groups excluding carboxylic acids is 1. The maximum atomic E-state index is 12.1.